The summed E-state index contributed by atoms with van der Waals surface area (Å²) in [4.78, 5) is 24.9. The van der Waals surface area contributed by atoms with Gasteiger partial charge in [-0.3, -0.25) is 4.79 Å². The van der Waals surface area contributed by atoms with E-state index in [-0.39, 0.29) is 24.5 Å². The molecule has 5 nitrogen and oxygen atoms in total. The molecule has 1 aliphatic carbocycles. The van der Waals surface area contributed by atoms with Crippen molar-refractivity contribution in [3.63, 3.8) is 0 Å². The highest BCUT2D eigenvalue weighted by molar-refractivity contribution is 5.76. The summed E-state index contributed by atoms with van der Waals surface area (Å²) >= 11 is 0. The molecule has 0 aromatic carbocycles. The largest absolute Gasteiger partial charge is 0.481 e. The van der Waals surface area contributed by atoms with Gasteiger partial charge in [0.15, 0.2) is 0 Å². The molecule has 4 unspecified atom stereocenters. The molecule has 4 atom stereocenters. The first kappa shape index (κ1) is 15.1. The van der Waals surface area contributed by atoms with Gasteiger partial charge in [-0.2, -0.15) is 0 Å². The molecule has 0 bridgehead atoms. The Bertz CT molecular complexity index is 372. The van der Waals surface area contributed by atoms with Crippen molar-refractivity contribution in [2.75, 3.05) is 6.54 Å². The molecule has 1 aliphatic heterocycles. The molecule has 0 radical (unpaired) electrons. The Morgan fingerprint density at radius 2 is 1.95 bits per heavy atom. The van der Waals surface area contributed by atoms with Gasteiger partial charge in [0.25, 0.3) is 0 Å². The maximum absolute atomic E-state index is 12.3. The molecule has 5 heteroatoms. The van der Waals surface area contributed by atoms with Crippen molar-refractivity contribution in [2.24, 2.45) is 11.8 Å². The van der Waals surface area contributed by atoms with E-state index in [1.807, 2.05) is 0 Å². The third kappa shape index (κ3) is 3.64. The van der Waals surface area contributed by atoms with E-state index in [4.69, 9.17) is 5.11 Å². The summed E-state index contributed by atoms with van der Waals surface area (Å²) in [5.41, 5.74) is 0. The van der Waals surface area contributed by atoms with E-state index in [0.717, 1.165) is 38.0 Å². The lowest BCUT2D eigenvalue weighted by Crippen LogP contribution is -2.48. The lowest BCUT2D eigenvalue weighted by Gasteiger charge is -2.34. The second kappa shape index (κ2) is 6.46. The summed E-state index contributed by atoms with van der Waals surface area (Å²) in [5.74, 6) is 0.548. The Balaban J connectivity index is 1.86. The third-order valence-corrected chi connectivity index (χ3v) is 4.97. The maximum Gasteiger partial charge on any atom is 0.317 e. The smallest absolute Gasteiger partial charge is 0.317 e. The monoisotopic (exact) mass is 282 g/mol. The van der Waals surface area contributed by atoms with Gasteiger partial charge in [-0.05, 0) is 43.9 Å². The molecule has 0 aromatic rings. The van der Waals surface area contributed by atoms with Gasteiger partial charge in [0.05, 0.1) is 6.42 Å². The standard InChI is InChI=1S/C15H26N2O3/c1-10-5-6-12(8-11(10)2)16-15(20)17-7-3-4-13(17)9-14(18)19/h10-13H,3-9H2,1-2H3,(H,16,20)(H,18,19). The number of carboxylic acid groups (broad SMARTS) is 1. The number of carbonyl (C=O) groups excluding carboxylic acids is 1. The minimum atomic E-state index is -0.824. The third-order valence-electron chi connectivity index (χ3n) is 4.97. The average Bonchev–Trinajstić information content (AvgIpc) is 2.81. The van der Waals surface area contributed by atoms with Gasteiger partial charge in [0, 0.05) is 18.6 Å². The van der Waals surface area contributed by atoms with E-state index in [1.165, 1.54) is 0 Å². The Kier molecular flexibility index (Phi) is 4.89. The first-order valence-corrected chi connectivity index (χ1v) is 7.76. The summed E-state index contributed by atoms with van der Waals surface area (Å²) in [6.07, 6.45) is 5.00. The van der Waals surface area contributed by atoms with Gasteiger partial charge in [-0.25, -0.2) is 4.79 Å². The molecule has 114 valence electrons. The van der Waals surface area contributed by atoms with Gasteiger partial charge in [0.2, 0.25) is 0 Å². The van der Waals surface area contributed by atoms with Crippen LogP contribution in [0.15, 0.2) is 0 Å². The number of nitrogens with zero attached hydrogens (tertiary/aromatic N) is 1. The van der Waals surface area contributed by atoms with E-state index in [2.05, 4.69) is 19.2 Å². The summed E-state index contributed by atoms with van der Waals surface area (Å²) in [7, 11) is 0. The highest BCUT2D eigenvalue weighted by Crippen LogP contribution is 2.29. The van der Waals surface area contributed by atoms with Crippen LogP contribution in [-0.2, 0) is 4.79 Å². The number of carboxylic acids is 1. The van der Waals surface area contributed by atoms with Gasteiger partial charge in [0.1, 0.15) is 0 Å². The van der Waals surface area contributed by atoms with Crippen LogP contribution in [0.5, 0.6) is 0 Å². The fourth-order valence-corrected chi connectivity index (χ4v) is 3.45. The van der Waals surface area contributed by atoms with Gasteiger partial charge < -0.3 is 15.3 Å². The first-order valence-electron chi connectivity index (χ1n) is 7.76. The Labute approximate surface area is 120 Å². The van der Waals surface area contributed by atoms with Crippen LogP contribution < -0.4 is 5.32 Å². The van der Waals surface area contributed by atoms with Gasteiger partial charge >= 0.3 is 12.0 Å². The molecule has 1 saturated carbocycles. The van der Waals surface area contributed by atoms with Crippen LogP contribution in [-0.4, -0.2) is 40.6 Å². The van der Waals surface area contributed by atoms with E-state index >= 15 is 0 Å². The van der Waals surface area contributed by atoms with Crippen molar-refractivity contribution in [3.05, 3.63) is 0 Å². The molecule has 20 heavy (non-hydrogen) atoms. The zero-order chi connectivity index (χ0) is 14.7. The quantitative estimate of drug-likeness (QED) is 0.835. The number of urea groups is 1. The summed E-state index contributed by atoms with van der Waals surface area (Å²) in [6.45, 7) is 5.20. The Hall–Kier alpha value is -1.26. The van der Waals surface area contributed by atoms with Gasteiger partial charge in [-0.15, -0.1) is 0 Å². The van der Waals surface area contributed by atoms with Crippen LogP contribution in [0, 0.1) is 11.8 Å². The predicted octanol–water partition coefficient (Wildman–Crippen LogP) is 2.46. The number of rotatable bonds is 3. The second-order valence-electron chi connectivity index (χ2n) is 6.50. The number of aliphatic carboxylic acids is 1. The topological polar surface area (TPSA) is 69.6 Å². The Morgan fingerprint density at radius 1 is 1.20 bits per heavy atom. The van der Waals surface area contributed by atoms with Crippen molar-refractivity contribution in [1.82, 2.24) is 10.2 Å². The van der Waals surface area contributed by atoms with Crippen LogP contribution >= 0.6 is 0 Å². The number of nitrogens with one attached hydrogen (secondary N) is 1. The van der Waals surface area contributed by atoms with Crippen LogP contribution in [0.3, 0.4) is 0 Å². The molecule has 0 spiro atoms. The van der Waals surface area contributed by atoms with Crippen LogP contribution in [0.4, 0.5) is 4.79 Å². The van der Waals surface area contributed by atoms with Crippen LogP contribution in [0.25, 0.3) is 0 Å². The molecular formula is C15H26N2O3. The first-order chi connectivity index (χ1) is 9.47. The number of carbonyl (C=O) groups is 2. The van der Waals surface area contributed by atoms with Crippen molar-refractivity contribution in [1.29, 1.82) is 0 Å². The molecule has 2 N–H and O–H groups in total. The van der Waals surface area contributed by atoms with Crippen LogP contribution in [0.2, 0.25) is 0 Å². The van der Waals surface area contributed by atoms with E-state index in [1.54, 1.807) is 4.90 Å². The van der Waals surface area contributed by atoms with E-state index in [9.17, 15) is 9.59 Å². The maximum atomic E-state index is 12.3. The highest BCUT2D eigenvalue weighted by atomic mass is 16.4. The Morgan fingerprint density at radius 3 is 2.60 bits per heavy atom. The number of hydrogen-bond donors (Lipinski definition) is 2. The normalized spacial score (nSPS) is 34.0. The van der Waals surface area contributed by atoms with Gasteiger partial charge in [-0.1, -0.05) is 13.8 Å². The number of amides is 2. The van der Waals surface area contributed by atoms with E-state index < -0.39 is 5.97 Å². The zero-order valence-electron chi connectivity index (χ0n) is 12.5. The lowest BCUT2D eigenvalue weighted by molar-refractivity contribution is -0.137. The molecule has 2 fully saturated rings. The molecule has 0 aromatic heterocycles. The lowest BCUT2D eigenvalue weighted by atomic mass is 9.79. The minimum Gasteiger partial charge on any atom is -0.481 e. The predicted molar refractivity (Wildman–Crippen MR) is 76.5 cm³/mol. The zero-order valence-corrected chi connectivity index (χ0v) is 12.5. The molecule has 2 rings (SSSR count). The second-order valence-corrected chi connectivity index (χ2v) is 6.50. The van der Waals surface area contributed by atoms with E-state index in [0.29, 0.717) is 12.5 Å². The molecule has 1 heterocycles. The molecule has 2 aliphatic rings. The van der Waals surface area contributed by atoms with Crippen molar-refractivity contribution in [2.45, 2.75) is 64.5 Å². The average molecular weight is 282 g/mol. The summed E-state index contributed by atoms with van der Waals surface area (Å²) in [5, 5.41) is 12.0. The number of likely N-dealkylation sites (tertiary alicyclic amines) is 1. The van der Waals surface area contributed by atoms with Crippen LogP contribution in [0.1, 0.15) is 52.4 Å². The SMILES string of the molecule is CC1CCC(NC(=O)N2CCCC2CC(=O)O)CC1C. The summed E-state index contributed by atoms with van der Waals surface area (Å²) in [6, 6.07) is 0.0488. The summed E-state index contributed by atoms with van der Waals surface area (Å²) < 4.78 is 0. The number of hydrogen-bond acceptors (Lipinski definition) is 2. The fraction of sp³-hybridized carbons (Fsp3) is 0.867. The minimum absolute atomic E-state index is 0.0610. The van der Waals surface area contributed by atoms with Crippen molar-refractivity contribution >= 4 is 12.0 Å². The van der Waals surface area contributed by atoms with Crippen molar-refractivity contribution in [3.8, 4) is 0 Å². The highest BCUT2D eigenvalue weighted by Gasteiger charge is 2.32. The fourth-order valence-electron chi connectivity index (χ4n) is 3.45. The molecular weight excluding hydrogens is 256 g/mol. The van der Waals surface area contributed by atoms with Crippen molar-refractivity contribution < 1.29 is 14.7 Å². The molecule has 1 saturated heterocycles. The molecule has 2 amide bonds.